The van der Waals surface area contributed by atoms with Gasteiger partial charge in [-0.05, 0) is 26.2 Å². The van der Waals surface area contributed by atoms with E-state index < -0.39 is 0 Å². The Morgan fingerprint density at radius 3 is 1.50 bits per heavy atom. The highest BCUT2D eigenvalue weighted by Gasteiger charge is 2.19. The molecular weight excluding hydrogens is 190 g/mol. The summed E-state index contributed by atoms with van der Waals surface area (Å²) < 4.78 is 0. The molecule has 0 aromatic heterocycles. The minimum absolute atomic E-state index is 0.0897. The molecule has 0 amide bonds. The summed E-state index contributed by atoms with van der Waals surface area (Å²) in [5.41, 5.74) is 0. The lowest BCUT2D eigenvalue weighted by molar-refractivity contribution is 0.0480. The summed E-state index contributed by atoms with van der Waals surface area (Å²) in [7, 11) is -0.0897. The highest BCUT2D eigenvalue weighted by atomic mass is 28.2. The largest absolute Gasteiger partial charge is 0.316 e. The van der Waals surface area contributed by atoms with E-state index in [1.807, 2.05) is 0 Å². The minimum atomic E-state index is -0.0897. The average Bonchev–Trinajstić information content (AvgIpc) is 2.21. The third kappa shape index (κ3) is 4.08. The SMILES string of the molecule is CCN(CC)C(N[SiH2]C)N(CC)CC. The van der Waals surface area contributed by atoms with E-state index in [0.29, 0.717) is 6.29 Å². The van der Waals surface area contributed by atoms with Crippen molar-refractivity contribution in [1.82, 2.24) is 14.8 Å². The standard InChI is InChI=1S/C10H27N3Si/c1-6-12(7-2)10(11-14-5)13(8-3)9-4/h10-11H,6-9,14H2,1-5H3. The molecule has 0 aromatic carbocycles. The molecule has 14 heavy (non-hydrogen) atoms. The maximum Gasteiger partial charge on any atom is 0.110 e. The first-order valence-corrected chi connectivity index (χ1v) is 8.08. The van der Waals surface area contributed by atoms with Crippen LogP contribution in [0.15, 0.2) is 0 Å². The third-order valence-corrected chi connectivity index (χ3v) is 3.48. The number of nitrogens with zero attached hydrogens (tertiary/aromatic N) is 2. The zero-order valence-electron chi connectivity index (χ0n) is 10.5. The lowest BCUT2D eigenvalue weighted by Crippen LogP contribution is -2.57. The van der Waals surface area contributed by atoms with E-state index in [0.717, 1.165) is 26.2 Å². The van der Waals surface area contributed by atoms with Gasteiger partial charge in [0.05, 0.1) is 9.68 Å². The van der Waals surface area contributed by atoms with E-state index >= 15 is 0 Å². The number of nitrogens with one attached hydrogen (secondary N) is 1. The van der Waals surface area contributed by atoms with Crippen molar-refractivity contribution < 1.29 is 0 Å². The molecule has 0 aliphatic carbocycles. The molecule has 0 bridgehead atoms. The van der Waals surface area contributed by atoms with Crippen molar-refractivity contribution in [2.75, 3.05) is 26.2 Å². The van der Waals surface area contributed by atoms with Gasteiger partial charge in [0.15, 0.2) is 0 Å². The highest BCUT2D eigenvalue weighted by molar-refractivity contribution is 6.30. The van der Waals surface area contributed by atoms with Crippen molar-refractivity contribution in [1.29, 1.82) is 0 Å². The second-order valence-corrected chi connectivity index (χ2v) is 4.49. The molecule has 1 N–H and O–H groups in total. The quantitative estimate of drug-likeness (QED) is 0.476. The van der Waals surface area contributed by atoms with E-state index in [1.54, 1.807) is 0 Å². The van der Waals surface area contributed by atoms with Gasteiger partial charge in [0.1, 0.15) is 6.29 Å². The fourth-order valence-corrected chi connectivity index (χ4v) is 2.69. The molecule has 0 heterocycles. The van der Waals surface area contributed by atoms with Crippen LogP contribution in [0.1, 0.15) is 27.7 Å². The summed E-state index contributed by atoms with van der Waals surface area (Å²) in [5, 5.41) is 0. The zero-order chi connectivity index (χ0) is 11.0. The normalized spacial score (nSPS) is 12.9. The Kier molecular flexibility index (Phi) is 8.47. The van der Waals surface area contributed by atoms with Gasteiger partial charge in [-0.25, -0.2) is 0 Å². The van der Waals surface area contributed by atoms with Crippen molar-refractivity contribution in [3.63, 3.8) is 0 Å². The van der Waals surface area contributed by atoms with Gasteiger partial charge in [-0.1, -0.05) is 34.2 Å². The molecule has 0 spiro atoms. The van der Waals surface area contributed by atoms with Crippen LogP contribution in [0.5, 0.6) is 0 Å². The molecule has 0 aliphatic rings. The maximum absolute atomic E-state index is 3.68. The smallest absolute Gasteiger partial charge is 0.110 e. The number of rotatable bonds is 8. The molecule has 4 heteroatoms. The number of hydrogen-bond donors (Lipinski definition) is 1. The third-order valence-electron chi connectivity index (χ3n) is 2.70. The van der Waals surface area contributed by atoms with Crippen LogP contribution in [0.4, 0.5) is 0 Å². The second kappa shape index (κ2) is 8.41. The first-order chi connectivity index (χ1) is 6.74. The molecule has 0 unspecified atom stereocenters. The van der Waals surface area contributed by atoms with Crippen LogP contribution in [-0.4, -0.2) is 51.9 Å². The summed E-state index contributed by atoms with van der Waals surface area (Å²) >= 11 is 0. The Balaban J connectivity index is 4.36. The van der Waals surface area contributed by atoms with Crippen molar-refractivity contribution in [2.24, 2.45) is 0 Å². The Morgan fingerprint density at radius 1 is 0.929 bits per heavy atom. The van der Waals surface area contributed by atoms with Gasteiger partial charge >= 0.3 is 0 Å². The van der Waals surface area contributed by atoms with Gasteiger partial charge in [0, 0.05) is 0 Å². The first kappa shape index (κ1) is 14.1. The van der Waals surface area contributed by atoms with Crippen molar-refractivity contribution in [3.05, 3.63) is 0 Å². The zero-order valence-corrected chi connectivity index (χ0v) is 11.9. The van der Waals surface area contributed by atoms with Crippen LogP contribution in [0, 0.1) is 0 Å². The summed E-state index contributed by atoms with van der Waals surface area (Å²) in [6.45, 7) is 15.7. The topological polar surface area (TPSA) is 18.5 Å². The van der Waals surface area contributed by atoms with Crippen LogP contribution in [0.3, 0.4) is 0 Å². The second-order valence-electron chi connectivity index (χ2n) is 3.37. The van der Waals surface area contributed by atoms with Gasteiger partial charge in [-0.15, -0.1) is 0 Å². The van der Waals surface area contributed by atoms with E-state index in [1.165, 1.54) is 0 Å². The predicted octanol–water partition coefficient (Wildman–Crippen LogP) is 0.675. The Morgan fingerprint density at radius 2 is 1.29 bits per heavy atom. The molecule has 0 saturated heterocycles. The van der Waals surface area contributed by atoms with E-state index in [2.05, 4.69) is 49.0 Å². The van der Waals surface area contributed by atoms with Crippen LogP contribution in [0.2, 0.25) is 6.55 Å². The van der Waals surface area contributed by atoms with Crippen LogP contribution in [0.25, 0.3) is 0 Å². The lowest BCUT2D eigenvalue weighted by Gasteiger charge is -2.38. The highest BCUT2D eigenvalue weighted by Crippen LogP contribution is 2.02. The van der Waals surface area contributed by atoms with Crippen molar-refractivity contribution in [3.8, 4) is 0 Å². The number of hydrogen-bond acceptors (Lipinski definition) is 3. The molecule has 0 rings (SSSR count). The average molecular weight is 217 g/mol. The van der Waals surface area contributed by atoms with Gasteiger partial charge in [-0.3, -0.25) is 9.80 Å². The Hall–Kier alpha value is 0.0969. The molecule has 86 valence electrons. The molecule has 0 aliphatic heterocycles. The molecule has 0 fully saturated rings. The van der Waals surface area contributed by atoms with Gasteiger partial charge in [0.25, 0.3) is 0 Å². The van der Waals surface area contributed by atoms with Crippen LogP contribution >= 0.6 is 0 Å². The lowest BCUT2D eigenvalue weighted by atomic mass is 10.4. The minimum Gasteiger partial charge on any atom is -0.316 e. The van der Waals surface area contributed by atoms with Crippen LogP contribution in [-0.2, 0) is 0 Å². The van der Waals surface area contributed by atoms with Crippen LogP contribution < -0.4 is 4.98 Å². The summed E-state index contributed by atoms with van der Waals surface area (Å²) in [6.07, 6.45) is 0.469. The Labute approximate surface area is 91.7 Å². The van der Waals surface area contributed by atoms with E-state index in [4.69, 9.17) is 0 Å². The molecule has 3 nitrogen and oxygen atoms in total. The fraction of sp³-hybridized carbons (Fsp3) is 1.00. The fourth-order valence-electron chi connectivity index (χ4n) is 1.81. The molecular formula is C10H27N3Si. The van der Waals surface area contributed by atoms with E-state index in [-0.39, 0.29) is 9.68 Å². The summed E-state index contributed by atoms with van der Waals surface area (Å²) in [6, 6.07) is 0. The van der Waals surface area contributed by atoms with Crippen molar-refractivity contribution in [2.45, 2.75) is 40.5 Å². The molecule has 0 atom stereocenters. The van der Waals surface area contributed by atoms with Gasteiger partial charge in [-0.2, -0.15) is 0 Å². The molecule has 0 radical (unpaired) electrons. The maximum atomic E-state index is 3.68. The molecule has 0 aromatic rings. The molecule has 0 saturated carbocycles. The monoisotopic (exact) mass is 217 g/mol. The summed E-state index contributed by atoms with van der Waals surface area (Å²) in [4.78, 5) is 8.66. The Bertz CT molecular complexity index is 113. The van der Waals surface area contributed by atoms with Crippen molar-refractivity contribution >= 4 is 9.68 Å². The summed E-state index contributed by atoms with van der Waals surface area (Å²) in [5.74, 6) is 0. The van der Waals surface area contributed by atoms with Gasteiger partial charge in [0.2, 0.25) is 0 Å². The van der Waals surface area contributed by atoms with Gasteiger partial charge < -0.3 is 4.98 Å². The predicted molar refractivity (Wildman–Crippen MR) is 67.2 cm³/mol. The first-order valence-electron chi connectivity index (χ1n) is 5.96. The van der Waals surface area contributed by atoms with E-state index in [9.17, 15) is 0 Å².